The minimum absolute atomic E-state index is 0.0556. The van der Waals surface area contributed by atoms with Crippen LogP contribution in [0.1, 0.15) is 47.5 Å². The highest BCUT2D eigenvalue weighted by Crippen LogP contribution is 2.57. The van der Waals surface area contributed by atoms with E-state index in [1.165, 1.54) is 0 Å². The Kier molecular flexibility index (Phi) is 2.80. The molecule has 1 heterocycles. The van der Waals surface area contributed by atoms with E-state index in [2.05, 4.69) is 34.6 Å². The van der Waals surface area contributed by atoms with Crippen molar-refractivity contribution in [3.63, 3.8) is 0 Å². The van der Waals surface area contributed by atoms with Crippen LogP contribution in [0, 0.1) is 29.1 Å². The number of rotatable bonds is 2. The van der Waals surface area contributed by atoms with Gasteiger partial charge >= 0.3 is 5.97 Å². The zero-order valence-corrected chi connectivity index (χ0v) is 11.1. The highest BCUT2D eigenvalue weighted by Gasteiger charge is 2.58. The Labute approximate surface area is 98.7 Å². The van der Waals surface area contributed by atoms with Crippen LogP contribution in [0.2, 0.25) is 0 Å². The molecule has 1 saturated heterocycles. The maximum Gasteiger partial charge on any atom is 0.309 e. The Bertz CT molecular complexity index is 285. The molecule has 2 fully saturated rings. The number of carbonyl (C=O) groups is 1. The monoisotopic (exact) mass is 224 g/mol. The third-order valence-electron chi connectivity index (χ3n) is 5.14. The molecule has 1 aliphatic carbocycles. The number of esters is 1. The average molecular weight is 224 g/mol. The van der Waals surface area contributed by atoms with Gasteiger partial charge in [0.25, 0.3) is 0 Å². The molecule has 2 heteroatoms. The van der Waals surface area contributed by atoms with Gasteiger partial charge in [0.1, 0.15) is 6.10 Å². The number of ether oxygens (including phenoxy) is 1. The quantitative estimate of drug-likeness (QED) is 0.673. The van der Waals surface area contributed by atoms with Crippen LogP contribution >= 0.6 is 0 Å². The molecule has 2 bridgehead atoms. The maximum absolute atomic E-state index is 11.7. The van der Waals surface area contributed by atoms with Crippen LogP contribution in [0.15, 0.2) is 0 Å². The van der Waals surface area contributed by atoms with Crippen molar-refractivity contribution >= 4 is 5.97 Å². The number of fused-ring (bicyclic) bond motifs is 2. The molecule has 0 aromatic rings. The average Bonchev–Trinajstić information content (AvgIpc) is 2.43. The van der Waals surface area contributed by atoms with Crippen molar-refractivity contribution in [3.05, 3.63) is 0 Å². The van der Waals surface area contributed by atoms with Crippen LogP contribution in [-0.2, 0) is 9.53 Å². The van der Waals surface area contributed by atoms with Gasteiger partial charge in [-0.3, -0.25) is 4.79 Å². The van der Waals surface area contributed by atoms with Gasteiger partial charge in [-0.1, -0.05) is 34.6 Å². The molecule has 0 amide bonds. The van der Waals surface area contributed by atoms with Crippen molar-refractivity contribution in [2.45, 2.75) is 53.6 Å². The fourth-order valence-corrected chi connectivity index (χ4v) is 4.63. The smallest absolute Gasteiger partial charge is 0.309 e. The second-order valence-corrected chi connectivity index (χ2v) is 6.30. The molecule has 1 saturated carbocycles. The lowest BCUT2D eigenvalue weighted by Crippen LogP contribution is -2.51. The van der Waals surface area contributed by atoms with Gasteiger partial charge in [-0.25, -0.2) is 0 Å². The van der Waals surface area contributed by atoms with Crippen molar-refractivity contribution in [1.29, 1.82) is 0 Å². The lowest BCUT2D eigenvalue weighted by atomic mass is 9.53. The van der Waals surface area contributed by atoms with Crippen LogP contribution in [0.3, 0.4) is 0 Å². The van der Waals surface area contributed by atoms with Crippen LogP contribution in [0.5, 0.6) is 0 Å². The molecule has 0 aromatic carbocycles. The Balaban J connectivity index is 2.40. The molecule has 16 heavy (non-hydrogen) atoms. The Morgan fingerprint density at radius 1 is 1.19 bits per heavy atom. The molecule has 1 aliphatic heterocycles. The van der Waals surface area contributed by atoms with Gasteiger partial charge in [0, 0.05) is 5.41 Å². The number of hydrogen-bond donors (Lipinski definition) is 0. The predicted molar refractivity (Wildman–Crippen MR) is 63.9 cm³/mol. The standard InChI is InChI=1S/C14H24O2/c1-8(2)14(9(3)4)10(5)6-11-7-12(14)16-13(11)15/h8-12H,6-7H2,1-5H3. The summed E-state index contributed by atoms with van der Waals surface area (Å²) < 4.78 is 5.66. The lowest BCUT2D eigenvalue weighted by molar-refractivity contribution is -0.152. The van der Waals surface area contributed by atoms with E-state index in [9.17, 15) is 4.79 Å². The van der Waals surface area contributed by atoms with Crippen LogP contribution in [0.4, 0.5) is 0 Å². The topological polar surface area (TPSA) is 26.3 Å². The molecule has 92 valence electrons. The summed E-state index contributed by atoms with van der Waals surface area (Å²) in [5.74, 6) is 1.96. The Hall–Kier alpha value is -0.530. The molecule has 2 rings (SSSR count). The number of carbonyl (C=O) groups excluding carboxylic acids is 1. The first-order valence-electron chi connectivity index (χ1n) is 6.61. The Morgan fingerprint density at radius 3 is 2.25 bits per heavy atom. The van der Waals surface area contributed by atoms with Gasteiger partial charge in [0.05, 0.1) is 5.92 Å². The first-order chi connectivity index (χ1) is 7.40. The third kappa shape index (κ3) is 1.34. The first kappa shape index (κ1) is 11.9. The summed E-state index contributed by atoms with van der Waals surface area (Å²) in [6.45, 7) is 11.4. The van der Waals surface area contributed by atoms with E-state index in [1.807, 2.05) is 0 Å². The van der Waals surface area contributed by atoms with Gasteiger partial charge in [-0.15, -0.1) is 0 Å². The van der Waals surface area contributed by atoms with Crippen molar-refractivity contribution in [1.82, 2.24) is 0 Å². The van der Waals surface area contributed by atoms with E-state index in [1.54, 1.807) is 0 Å². The van der Waals surface area contributed by atoms with Gasteiger partial charge < -0.3 is 4.74 Å². The van der Waals surface area contributed by atoms with Gasteiger partial charge in [0.15, 0.2) is 0 Å². The fourth-order valence-electron chi connectivity index (χ4n) is 4.63. The molecule has 3 atom stereocenters. The molecular formula is C14H24O2. The normalized spacial score (nSPS) is 36.9. The van der Waals surface area contributed by atoms with Crippen molar-refractivity contribution in [2.24, 2.45) is 29.1 Å². The number of hydrogen-bond acceptors (Lipinski definition) is 2. The third-order valence-corrected chi connectivity index (χ3v) is 5.14. The SMILES string of the molecule is CC(C)C1(C(C)C)C(C)CC2CC1OC2=O. The fraction of sp³-hybridized carbons (Fsp3) is 0.929. The van der Waals surface area contributed by atoms with E-state index >= 15 is 0 Å². The minimum atomic E-state index is 0.0556. The van der Waals surface area contributed by atoms with Crippen LogP contribution in [0.25, 0.3) is 0 Å². The zero-order chi connectivity index (χ0) is 12.1. The van der Waals surface area contributed by atoms with Crippen molar-refractivity contribution in [2.75, 3.05) is 0 Å². The molecule has 2 nitrogen and oxygen atoms in total. The molecule has 0 aromatic heterocycles. The van der Waals surface area contributed by atoms with E-state index in [0.717, 1.165) is 12.8 Å². The second-order valence-electron chi connectivity index (χ2n) is 6.30. The van der Waals surface area contributed by atoms with Crippen molar-refractivity contribution in [3.8, 4) is 0 Å². The highest BCUT2D eigenvalue weighted by atomic mass is 16.6. The van der Waals surface area contributed by atoms with Crippen molar-refractivity contribution < 1.29 is 9.53 Å². The largest absolute Gasteiger partial charge is 0.462 e. The van der Waals surface area contributed by atoms with E-state index < -0.39 is 0 Å². The molecule has 0 N–H and O–H groups in total. The Morgan fingerprint density at radius 2 is 1.75 bits per heavy atom. The summed E-state index contributed by atoms with van der Waals surface area (Å²) in [5.41, 5.74) is 0.183. The van der Waals surface area contributed by atoms with Gasteiger partial charge in [-0.05, 0) is 30.6 Å². The van der Waals surface area contributed by atoms with E-state index in [4.69, 9.17) is 4.74 Å². The summed E-state index contributed by atoms with van der Waals surface area (Å²) in [7, 11) is 0. The van der Waals surface area contributed by atoms with Crippen LogP contribution in [-0.4, -0.2) is 12.1 Å². The summed E-state index contributed by atoms with van der Waals surface area (Å²) in [4.78, 5) is 11.7. The highest BCUT2D eigenvalue weighted by molar-refractivity contribution is 5.75. The summed E-state index contributed by atoms with van der Waals surface area (Å²) in [6.07, 6.45) is 2.14. The minimum Gasteiger partial charge on any atom is -0.462 e. The molecule has 2 aliphatic rings. The van der Waals surface area contributed by atoms with Gasteiger partial charge in [-0.2, -0.15) is 0 Å². The van der Waals surface area contributed by atoms with E-state index in [0.29, 0.717) is 17.8 Å². The molecule has 0 spiro atoms. The summed E-state index contributed by atoms with van der Waals surface area (Å²) >= 11 is 0. The van der Waals surface area contributed by atoms with E-state index in [-0.39, 0.29) is 23.4 Å². The second kappa shape index (κ2) is 3.75. The maximum atomic E-state index is 11.7. The summed E-state index contributed by atoms with van der Waals surface area (Å²) in [6, 6.07) is 0. The molecule has 0 radical (unpaired) electrons. The molecule has 3 unspecified atom stereocenters. The zero-order valence-electron chi connectivity index (χ0n) is 11.1. The predicted octanol–water partition coefficient (Wildman–Crippen LogP) is 3.26. The molecular weight excluding hydrogens is 200 g/mol. The first-order valence-corrected chi connectivity index (χ1v) is 6.61. The lowest BCUT2D eigenvalue weighted by Gasteiger charge is -2.51. The summed E-state index contributed by atoms with van der Waals surface area (Å²) in [5, 5.41) is 0. The van der Waals surface area contributed by atoms with Crippen LogP contribution < -0.4 is 0 Å². The van der Waals surface area contributed by atoms with Gasteiger partial charge in [0.2, 0.25) is 0 Å².